The van der Waals surface area contributed by atoms with E-state index in [-0.39, 0.29) is 0 Å². The molecule has 0 radical (unpaired) electrons. The number of nitrogens with zero attached hydrogens (tertiary/aromatic N) is 3. The molecule has 0 atom stereocenters. The van der Waals surface area contributed by atoms with Gasteiger partial charge in [0.1, 0.15) is 0 Å². The molecule has 4 heteroatoms. The van der Waals surface area contributed by atoms with E-state index in [9.17, 15) is 0 Å². The van der Waals surface area contributed by atoms with Crippen molar-refractivity contribution < 1.29 is 0 Å². The molecule has 2 heterocycles. The highest BCUT2D eigenvalue weighted by Crippen LogP contribution is 2.26. The molecule has 0 unspecified atom stereocenters. The summed E-state index contributed by atoms with van der Waals surface area (Å²) in [6.07, 6.45) is 4.17. The lowest BCUT2D eigenvalue weighted by Gasteiger charge is -2.03. The SMILES string of the molecule is Cc1ccc(-c2cn3cc(-c4ccc(Cl)cc4)nc3n2C)cc1. The Bertz CT molecular complexity index is 976. The Hall–Kier alpha value is -2.52. The van der Waals surface area contributed by atoms with E-state index in [1.807, 2.05) is 31.3 Å². The Morgan fingerprint density at radius 2 is 1.52 bits per heavy atom. The van der Waals surface area contributed by atoms with Crippen LogP contribution >= 0.6 is 11.6 Å². The maximum atomic E-state index is 5.95. The van der Waals surface area contributed by atoms with Gasteiger partial charge in [-0.15, -0.1) is 0 Å². The molecule has 4 rings (SSSR count). The van der Waals surface area contributed by atoms with E-state index in [0.717, 1.165) is 27.8 Å². The van der Waals surface area contributed by atoms with Gasteiger partial charge in [-0.25, -0.2) is 4.98 Å². The lowest BCUT2D eigenvalue weighted by atomic mass is 10.1. The lowest BCUT2D eigenvalue weighted by Crippen LogP contribution is -1.92. The van der Waals surface area contributed by atoms with Crippen LogP contribution in [0.5, 0.6) is 0 Å². The zero-order chi connectivity index (χ0) is 16.0. The van der Waals surface area contributed by atoms with Crippen molar-refractivity contribution in [1.29, 1.82) is 0 Å². The largest absolute Gasteiger partial charge is 0.313 e. The van der Waals surface area contributed by atoms with Crippen molar-refractivity contribution in [2.75, 3.05) is 0 Å². The monoisotopic (exact) mass is 321 g/mol. The van der Waals surface area contributed by atoms with Gasteiger partial charge in [0.15, 0.2) is 0 Å². The third-order valence-corrected chi connectivity index (χ3v) is 4.37. The first-order chi connectivity index (χ1) is 11.1. The second kappa shape index (κ2) is 5.28. The molecular formula is C19H16ClN3. The molecule has 0 amide bonds. The Balaban J connectivity index is 1.80. The van der Waals surface area contributed by atoms with Crippen LogP contribution in [-0.2, 0) is 7.05 Å². The summed E-state index contributed by atoms with van der Waals surface area (Å²) in [4.78, 5) is 4.76. The summed E-state index contributed by atoms with van der Waals surface area (Å²) in [6.45, 7) is 2.10. The van der Waals surface area contributed by atoms with Gasteiger partial charge in [0.2, 0.25) is 5.78 Å². The third-order valence-electron chi connectivity index (χ3n) is 4.12. The third kappa shape index (κ3) is 2.43. The van der Waals surface area contributed by atoms with Gasteiger partial charge < -0.3 is 4.57 Å². The van der Waals surface area contributed by atoms with Gasteiger partial charge in [0.25, 0.3) is 0 Å². The smallest absolute Gasteiger partial charge is 0.214 e. The highest BCUT2D eigenvalue weighted by molar-refractivity contribution is 6.30. The van der Waals surface area contributed by atoms with Crippen molar-refractivity contribution in [3.8, 4) is 22.5 Å². The van der Waals surface area contributed by atoms with Gasteiger partial charge in [-0.3, -0.25) is 4.40 Å². The molecule has 4 aromatic rings. The molecule has 0 fully saturated rings. The minimum atomic E-state index is 0.735. The fraction of sp³-hybridized carbons (Fsp3) is 0.105. The first kappa shape index (κ1) is 14.1. The first-order valence-electron chi connectivity index (χ1n) is 7.49. The Morgan fingerprint density at radius 1 is 0.870 bits per heavy atom. The van der Waals surface area contributed by atoms with Crippen LogP contribution in [-0.4, -0.2) is 14.0 Å². The van der Waals surface area contributed by atoms with Crippen LogP contribution in [0.4, 0.5) is 0 Å². The highest BCUT2D eigenvalue weighted by Gasteiger charge is 2.12. The maximum absolute atomic E-state index is 5.95. The molecule has 23 heavy (non-hydrogen) atoms. The molecule has 2 aromatic heterocycles. The van der Waals surface area contributed by atoms with Crippen LogP contribution in [0.15, 0.2) is 60.9 Å². The quantitative estimate of drug-likeness (QED) is 0.511. The summed E-state index contributed by atoms with van der Waals surface area (Å²) in [5.74, 6) is 0.922. The average molecular weight is 322 g/mol. The number of benzene rings is 2. The minimum Gasteiger partial charge on any atom is -0.313 e. The zero-order valence-electron chi connectivity index (χ0n) is 13.0. The fourth-order valence-corrected chi connectivity index (χ4v) is 2.93. The van der Waals surface area contributed by atoms with Crippen molar-refractivity contribution >= 4 is 17.4 Å². The van der Waals surface area contributed by atoms with Crippen molar-refractivity contribution in [2.24, 2.45) is 7.05 Å². The number of hydrogen-bond acceptors (Lipinski definition) is 1. The van der Waals surface area contributed by atoms with E-state index in [1.165, 1.54) is 11.1 Å². The summed E-state index contributed by atoms with van der Waals surface area (Å²) < 4.78 is 4.18. The molecule has 0 aliphatic heterocycles. The number of aromatic nitrogens is 3. The van der Waals surface area contributed by atoms with Crippen molar-refractivity contribution in [2.45, 2.75) is 6.92 Å². The maximum Gasteiger partial charge on any atom is 0.214 e. The second-order valence-corrected chi connectivity index (χ2v) is 6.22. The lowest BCUT2D eigenvalue weighted by molar-refractivity contribution is 0.945. The van der Waals surface area contributed by atoms with Crippen LogP contribution in [0, 0.1) is 6.92 Å². The van der Waals surface area contributed by atoms with Gasteiger partial charge in [-0.2, -0.15) is 0 Å². The molecule has 0 saturated carbocycles. The Kier molecular flexibility index (Phi) is 3.24. The summed E-state index contributed by atoms with van der Waals surface area (Å²) in [5.41, 5.74) is 5.61. The summed E-state index contributed by atoms with van der Waals surface area (Å²) >= 11 is 5.95. The van der Waals surface area contributed by atoms with Crippen LogP contribution < -0.4 is 0 Å². The summed E-state index contributed by atoms with van der Waals surface area (Å²) in [5, 5.41) is 0.735. The number of rotatable bonds is 2. The van der Waals surface area contributed by atoms with Crippen LogP contribution in [0.2, 0.25) is 5.02 Å². The average Bonchev–Trinajstić information content (AvgIpc) is 3.09. The van der Waals surface area contributed by atoms with Gasteiger partial charge in [0.05, 0.1) is 11.4 Å². The molecule has 0 saturated heterocycles. The van der Waals surface area contributed by atoms with Gasteiger partial charge >= 0.3 is 0 Å². The Morgan fingerprint density at radius 3 is 2.17 bits per heavy atom. The Labute approximate surface area is 139 Å². The molecule has 0 aliphatic carbocycles. The fourth-order valence-electron chi connectivity index (χ4n) is 2.81. The molecule has 114 valence electrons. The van der Waals surface area contributed by atoms with E-state index >= 15 is 0 Å². The van der Waals surface area contributed by atoms with Crippen LogP contribution in [0.1, 0.15) is 5.56 Å². The molecule has 0 N–H and O–H groups in total. The number of hydrogen-bond donors (Lipinski definition) is 0. The number of halogens is 1. The van der Waals surface area contributed by atoms with Gasteiger partial charge in [-0.1, -0.05) is 53.6 Å². The van der Waals surface area contributed by atoms with Crippen molar-refractivity contribution in [3.05, 3.63) is 71.5 Å². The first-order valence-corrected chi connectivity index (χ1v) is 7.87. The van der Waals surface area contributed by atoms with Crippen LogP contribution in [0.25, 0.3) is 28.3 Å². The molecule has 0 bridgehead atoms. The normalized spacial score (nSPS) is 11.3. The van der Waals surface area contributed by atoms with Gasteiger partial charge in [0, 0.05) is 30.0 Å². The number of imidazole rings is 2. The van der Waals surface area contributed by atoms with E-state index in [1.54, 1.807) is 0 Å². The minimum absolute atomic E-state index is 0.735. The molecular weight excluding hydrogens is 306 g/mol. The summed E-state index contributed by atoms with van der Waals surface area (Å²) in [7, 11) is 2.04. The van der Waals surface area contributed by atoms with E-state index < -0.39 is 0 Å². The van der Waals surface area contributed by atoms with E-state index in [2.05, 4.69) is 52.6 Å². The zero-order valence-corrected chi connectivity index (χ0v) is 13.7. The van der Waals surface area contributed by atoms with E-state index in [4.69, 9.17) is 16.6 Å². The van der Waals surface area contributed by atoms with E-state index in [0.29, 0.717) is 0 Å². The number of aryl methyl sites for hydroxylation is 2. The topological polar surface area (TPSA) is 22.2 Å². The van der Waals surface area contributed by atoms with Crippen molar-refractivity contribution in [1.82, 2.24) is 14.0 Å². The van der Waals surface area contributed by atoms with Crippen LogP contribution in [0.3, 0.4) is 0 Å². The predicted molar refractivity (Wildman–Crippen MR) is 94.8 cm³/mol. The van der Waals surface area contributed by atoms with Gasteiger partial charge in [-0.05, 0) is 24.6 Å². The second-order valence-electron chi connectivity index (χ2n) is 5.78. The highest BCUT2D eigenvalue weighted by atomic mass is 35.5. The number of fused-ring (bicyclic) bond motifs is 1. The molecule has 3 nitrogen and oxygen atoms in total. The predicted octanol–water partition coefficient (Wildman–Crippen LogP) is 4.97. The van der Waals surface area contributed by atoms with Crippen molar-refractivity contribution in [3.63, 3.8) is 0 Å². The standard InChI is InChI=1S/C19H16ClN3/c1-13-3-5-15(6-4-13)18-12-23-11-17(21-19(23)22(18)2)14-7-9-16(20)10-8-14/h3-12H,1-2H3. The molecule has 0 aliphatic rings. The molecule has 0 spiro atoms. The summed E-state index contributed by atoms with van der Waals surface area (Å²) in [6, 6.07) is 16.3. The molecule has 2 aromatic carbocycles.